The number of nitrogens with zero attached hydrogens (tertiary/aromatic N) is 1. The van der Waals surface area contributed by atoms with Crippen LogP contribution in [0.25, 0.3) is 0 Å². The van der Waals surface area contributed by atoms with Gasteiger partial charge in [-0.1, -0.05) is 0 Å². The second-order valence-electron chi connectivity index (χ2n) is 3.42. The molecule has 134 valence electrons. The van der Waals surface area contributed by atoms with Crippen LogP contribution in [0.1, 0.15) is 52.1 Å². The summed E-state index contributed by atoms with van der Waals surface area (Å²) in [4.78, 5) is 57.3. The van der Waals surface area contributed by atoms with Crippen LogP contribution in [0.3, 0.4) is 0 Å². The third-order valence-electron chi connectivity index (χ3n) is 2.22. The molecule has 0 amide bonds. The van der Waals surface area contributed by atoms with Gasteiger partial charge >= 0.3 is 121 Å². The first-order valence-electron chi connectivity index (χ1n) is 4.80. The summed E-state index contributed by atoms with van der Waals surface area (Å²) in [5.74, 6) is -11.1. The molecule has 0 bridgehead atoms. The maximum Gasteiger partial charge on any atom is 1.00 e. The number of carboxylic acids is 5. The molecule has 16 heteroatoms. The van der Waals surface area contributed by atoms with Crippen molar-refractivity contribution in [3.05, 3.63) is 28.1 Å². The molecule has 0 radical (unpaired) electrons. The van der Waals surface area contributed by atoms with E-state index in [0.29, 0.717) is 0 Å². The molecular weight excluding hydrogens is 420 g/mol. The average Bonchev–Trinajstić information content (AvgIpc) is 2.34. The third kappa shape index (κ3) is 7.72. The van der Waals surface area contributed by atoms with E-state index in [1.807, 2.05) is 0 Å². The zero-order valence-electron chi connectivity index (χ0n) is 13.1. The van der Waals surface area contributed by atoms with Crippen molar-refractivity contribution < 1.29 is 169 Å². The van der Waals surface area contributed by atoms with Crippen molar-refractivity contribution in [2.45, 2.75) is 0 Å². The van der Waals surface area contributed by atoms with Crippen LogP contribution in [0.2, 0.25) is 0 Å². The van der Waals surface area contributed by atoms with Gasteiger partial charge in [-0.2, -0.15) is 0 Å². The van der Waals surface area contributed by atoms with Crippen molar-refractivity contribution in [2.75, 3.05) is 0 Å². The predicted octanol–water partition coefficient (Wildman–Crippen LogP) is -11.6. The van der Waals surface area contributed by atoms with Crippen molar-refractivity contribution in [3.63, 3.8) is 0 Å². The number of hydrogen-bond donors (Lipinski definition) is 3. The predicted molar refractivity (Wildman–Crippen MR) is 64.6 cm³/mol. The molecule has 0 aliphatic carbocycles. The van der Waals surface area contributed by atoms with E-state index >= 15 is 0 Å². The third-order valence-corrected chi connectivity index (χ3v) is 2.22. The van der Waals surface area contributed by atoms with Crippen LogP contribution < -0.4 is 113 Å². The molecule has 0 fully saturated rings. The molecule has 1 aromatic rings. The average molecular weight is 429 g/mol. The Bertz CT molecular complexity index is 667. The summed E-state index contributed by atoms with van der Waals surface area (Å²) >= 11 is 0. The van der Waals surface area contributed by atoms with Crippen molar-refractivity contribution in [2.24, 2.45) is 0 Å². The van der Waals surface area contributed by atoms with Crippen molar-refractivity contribution in [1.29, 1.82) is 0 Å². The molecule has 9 N–H and O–H groups in total. The van der Waals surface area contributed by atoms with Gasteiger partial charge in [-0.15, -0.1) is 0 Å². The number of carboxylic acid groups (broad SMARTS) is 5. The van der Waals surface area contributed by atoms with E-state index in [0.717, 1.165) is 0 Å². The molecule has 14 nitrogen and oxygen atoms in total. The molecule has 0 aliphatic heterocycles. The Balaban J connectivity index is -0.000000294. The summed E-state index contributed by atoms with van der Waals surface area (Å²) in [5.41, 5.74) is -7.69. The van der Waals surface area contributed by atoms with E-state index in [-0.39, 0.29) is 119 Å². The summed E-state index contributed by atoms with van der Waals surface area (Å²) in [6, 6.07) is 0. The largest absolute Gasteiger partial charge is 1.00 e. The van der Waals surface area contributed by atoms with Gasteiger partial charge in [0.2, 0.25) is 0 Å². The molecule has 0 saturated heterocycles. The molecule has 0 unspecified atom stereocenters. The van der Waals surface area contributed by atoms with Gasteiger partial charge in [0.25, 0.3) is 0 Å². The molecule has 0 aliphatic rings. The standard InChI is InChI=1S/C10H5NO10.2K.3H2O/c12-6(13)1-2(7(14)15)4(9(18)19)11-5(10(20)21)3(1)8(16)17;;;;;/h(H,12,13)(H,14,15)(H,16,17)(H,18,19)(H,20,21);;;3*1H2/q;2*+1;;;/p-2. The fraction of sp³-hybridized carbons (Fsp3) is 0. The van der Waals surface area contributed by atoms with Gasteiger partial charge in [0.1, 0.15) is 0 Å². The van der Waals surface area contributed by atoms with Crippen LogP contribution in [0.4, 0.5) is 0 Å². The summed E-state index contributed by atoms with van der Waals surface area (Å²) < 4.78 is 0. The van der Waals surface area contributed by atoms with Gasteiger partial charge < -0.3 is 51.6 Å². The Morgan fingerprint density at radius 3 is 1.04 bits per heavy atom. The van der Waals surface area contributed by atoms with Crippen LogP contribution in [-0.4, -0.2) is 66.6 Å². The molecule has 0 spiro atoms. The minimum absolute atomic E-state index is 0. The zero-order chi connectivity index (χ0) is 16.5. The Hall–Kier alpha value is -0.347. The quantitative estimate of drug-likeness (QED) is 0.369. The molecule has 1 aromatic heterocycles. The number of carbonyl (C=O) groups excluding carboxylic acids is 2. The van der Waals surface area contributed by atoms with Crippen molar-refractivity contribution >= 4 is 29.8 Å². The molecular formula is C10H9K2NO13. The number of aromatic nitrogens is 1. The van der Waals surface area contributed by atoms with Crippen molar-refractivity contribution in [3.8, 4) is 0 Å². The Morgan fingerprint density at radius 1 is 0.615 bits per heavy atom. The monoisotopic (exact) mass is 429 g/mol. The van der Waals surface area contributed by atoms with E-state index in [1.165, 1.54) is 0 Å². The first kappa shape index (κ1) is 36.6. The van der Waals surface area contributed by atoms with Gasteiger partial charge in [0, 0.05) is 11.1 Å². The molecule has 0 atom stereocenters. The molecule has 1 rings (SSSR count). The molecule has 0 saturated carbocycles. The second-order valence-corrected chi connectivity index (χ2v) is 3.42. The first-order chi connectivity index (χ1) is 9.59. The van der Waals surface area contributed by atoms with Gasteiger partial charge in [-0.25, -0.2) is 19.4 Å². The van der Waals surface area contributed by atoms with Crippen LogP contribution in [-0.2, 0) is 0 Å². The minimum Gasteiger partial charge on any atom is -0.545 e. The fourth-order valence-electron chi connectivity index (χ4n) is 1.51. The number of carbonyl (C=O) groups is 5. The number of pyridine rings is 1. The minimum atomic E-state index is -2.35. The van der Waals surface area contributed by atoms with E-state index in [2.05, 4.69) is 4.98 Å². The topological polar surface area (TPSA) is 300 Å². The summed E-state index contributed by atoms with van der Waals surface area (Å²) in [7, 11) is 0. The number of aromatic carboxylic acids is 5. The van der Waals surface area contributed by atoms with Gasteiger partial charge in [0.05, 0.1) is 17.5 Å². The smallest absolute Gasteiger partial charge is 0.545 e. The van der Waals surface area contributed by atoms with Crippen LogP contribution in [0.5, 0.6) is 0 Å². The molecule has 0 aromatic carbocycles. The summed E-state index contributed by atoms with van der Waals surface area (Å²) in [6.45, 7) is 0. The van der Waals surface area contributed by atoms with E-state index in [9.17, 15) is 34.2 Å². The van der Waals surface area contributed by atoms with Gasteiger partial charge in [-0.05, 0) is 0 Å². The van der Waals surface area contributed by atoms with Crippen LogP contribution >= 0.6 is 0 Å². The summed E-state index contributed by atoms with van der Waals surface area (Å²) in [6.07, 6.45) is 0. The van der Waals surface area contributed by atoms with Crippen LogP contribution in [0.15, 0.2) is 0 Å². The van der Waals surface area contributed by atoms with Gasteiger partial charge in [0.15, 0.2) is 11.4 Å². The Labute approximate surface area is 228 Å². The Morgan fingerprint density at radius 2 is 0.885 bits per heavy atom. The first-order valence-corrected chi connectivity index (χ1v) is 4.80. The summed E-state index contributed by atoms with van der Waals surface area (Å²) in [5, 5.41) is 48.1. The molecule has 1 heterocycles. The molecule has 26 heavy (non-hydrogen) atoms. The van der Waals surface area contributed by atoms with E-state index < -0.39 is 57.9 Å². The van der Waals surface area contributed by atoms with Crippen molar-refractivity contribution in [1.82, 2.24) is 4.98 Å². The number of hydrogen-bond acceptors (Lipinski definition) is 8. The van der Waals surface area contributed by atoms with Crippen LogP contribution in [0, 0.1) is 0 Å². The second kappa shape index (κ2) is 14.7. The van der Waals surface area contributed by atoms with E-state index in [4.69, 9.17) is 15.3 Å². The maximum atomic E-state index is 11.0. The Kier molecular flexibility index (Phi) is 20.6. The number of rotatable bonds is 5. The SMILES string of the molecule is O.O.O.O=C(O)c1nc(C(=O)O)c(C(=O)[O-])c(C(=O)O)c1C(=O)[O-].[K+].[K+]. The maximum absolute atomic E-state index is 11.0. The van der Waals surface area contributed by atoms with E-state index in [1.54, 1.807) is 0 Å². The van der Waals surface area contributed by atoms with Gasteiger partial charge in [-0.3, -0.25) is 0 Å². The fourth-order valence-corrected chi connectivity index (χ4v) is 1.51. The zero-order valence-corrected chi connectivity index (χ0v) is 19.4. The normalized spacial score (nSPS) is 8.00.